The van der Waals surface area contributed by atoms with Crippen molar-refractivity contribution in [1.29, 1.82) is 0 Å². The molecule has 7 nitrogen and oxygen atoms in total. The summed E-state index contributed by atoms with van der Waals surface area (Å²) in [7, 11) is 0. The summed E-state index contributed by atoms with van der Waals surface area (Å²) >= 11 is 0. The number of nitrogens with one attached hydrogen (secondary N) is 1. The molecular formula is C28H32N2O5. The Labute approximate surface area is 205 Å². The highest BCUT2D eigenvalue weighted by atomic mass is 16.5. The fourth-order valence-corrected chi connectivity index (χ4v) is 6.20. The van der Waals surface area contributed by atoms with Gasteiger partial charge in [-0.25, -0.2) is 9.59 Å². The molecule has 7 heteroatoms. The molecule has 0 aromatic heterocycles. The number of alkyl carbamates (subject to hydrolysis) is 1. The number of benzene rings is 2. The average Bonchev–Trinajstić information content (AvgIpc) is 3.41. The van der Waals surface area contributed by atoms with Crippen molar-refractivity contribution in [3.63, 3.8) is 0 Å². The zero-order valence-corrected chi connectivity index (χ0v) is 20.0. The summed E-state index contributed by atoms with van der Waals surface area (Å²) in [6.45, 7) is 2.42. The Balaban J connectivity index is 1.32. The molecule has 184 valence electrons. The molecule has 1 heterocycles. The molecule has 1 aliphatic heterocycles. The summed E-state index contributed by atoms with van der Waals surface area (Å²) in [5.74, 6) is -1.47. The van der Waals surface area contributed by atoms with Gasteiger partial charge in [0.05, 0.1) is 0 Å². The number of carboxylic acids is 1. The van der Waals surface area contributed by atoms with Crippen LogP contribution in [0.1, 0.15) is 62.5 Å². The molecule has 0 radical (unpaired) electrons. The van der Waals surface area contributed by atoms with Gasteiger partial charge in [0.25, 0.3) is 0 Å². The predicted molar refractivity (Wildman–Crippen MR) is 131 cm³/mol. The third-order valence-corrected chi connectivity index (χ3v) is 8.02. The van der Waals surface area contributed by atoms with Gasteiger partial charge in [-0.05, 0) is 47.4 Å². The maximum absolute atomic E-state index is 13.7. The van der Waals surface area contributed by atoms with Crippen molar-refractivity contribution in [2.24, 2.45) is 5.92 Å². The van der Waals surface area contributed by atoms with Crippen LogP contribution in [-0.2, 0) is 14.3 Å². The molecular weight excluding hydrogens is 444 g/mol. The molecule has 2 aromatic carbocycles. The lowest BCUT2D eigenvalue weighted by Crippen LogP contribution is -2.62. The first kappa shape index (κ1) is 23.4. The van der Waals surface area contributed by atoms with E-state index in [4.69, 9.17) is 4.74 Å². The number of hydrogen-bond donors (Lipinski definition) is 2. The van der Waals surface area contributed by atoms with E-state index in [2.05, 4.69) is 29.6 Å². The molecule has 2 aliphatic carbocycles. The quantitative estimate of drug-likeness (QED) is 0.660. The Bertz CT molecular complexity index is 1090. The van der Waals surface area contributed by atoms with Gasteiger partial charge in [-0.1, -0.05) is 74.7 Å². The number of carbonyl (C=O) groups excluding carboxylic acids is 2. The van der Waals surface area contributed by atoms with E-state index in [1.54, 1.807) is 0 Å². The van der Waals surface area contributed by atoms with Crippen LogP contribution in [0.3, 0.4) is 0 Å². The lowest BCUT2D eigenvalue weighted by atomic mass is 9.80. The lowest BCUT2D eigenvalue weighted by Gasteiger charge is -2.40. The normalized spacial score (nSPS) is 22.8. The van der Waals surface area contributed by atoms with E-state index in [0.717, 1.165) is 41.5 Å². The molecule has 3 aliphatic rings. The zero-order valence-electron chi connectivity index (χ0n) is 20.0. The standard InChI is InChI=1S/C28H32N2O5/c1-18-13-16-30(24(18)25(31)32)26(33)28(14-7-2-8-15-28)29-27(34)35-17-23-21-11-5-3-9-19(21)20-10-4-6-12-22(20)23/h3-6,9-12,18,23-24H,2,7-8,13-17H2,1H3,(H,29,34)(H,31,32). The molecule has 2 fully saturated rings. The van der Waals surface area contributed by atoms with Crippen molar-refractivity contribution in [2.45, 2.75) is 62.9 Å². The van der Waals surface area contributed by atoms with Crippen LogP contribution < -0.4 is 5.32 Å². The summed E-state index contributed by atoms with van der Waals surface area (Å²) in [5.41, 5.74) is 3.44. The van der Waals surface area contributed by atoms with Crippen molar-refractivity contribution in [3.8, 4) is 11.1 Å². The number of fused-ring (bicyclic) bond motifs is 3. The minimum atomic E-state index is -1.11. The van der Waals surface area contributed by atoms with Gasteiger partial charge in [-0.15, -0.1) is 0 Å². The Morgan fingerprint density at radius 3 is 2.20 bits per heavy atom. The molecule has 35 heavy (non-hydrogen) atoms. The van der Waals surface area contributed by atoms with Crippen LogP contribution in [0.5, 0.6) is 0 Å². The monoisotopic (exact) mass is 476 g/mol. The van der Waals surface area contributed by atoms with Crippen molar-refractivity contribution in [3.05, 3.63) is 59.7 Å². The Kier molecular flexibility index (Phi) is 6.26. The van der Waals surface area contributed by atoms with E-state index in [-0.39, 0.29) is 24.3 Å². The molecule has 2 unspecified atom stereocenters. The topological polar surface area (TPSA) is 95.9 Å². The fraction of sp³-hybridized carbons (Fsp3) is 0.464. The molecule has 0 bridgehead atoms. The second-order valence-corrected chi connectivity index (χ2v) is 10.1. The molecule has 0 spiro atoms. The maximum atomic E-state index is 13.7. The van der Waals surface area contributed by atoms with Crippen LogP contribution in [0.25, 0.3) is 11.1 Å². The number of amides is 2. The zero-order chi connectivity index (χ0) is 24.6. The smallest absolute Gasteiger partial charge is 0.408 e. The first-order valence-corrected chi connectivity index (χ1v) is 12.6. The van der Waals surface area contributed by atoms with Gasteiger partial charge in [-0.3, -0.25) is 4.79 Å². The van der Waals surface area contributed by atoms with Crippen molar-refractivity contribution < 1.29 is 24.2 Å². The van der Waals surface area contributed by atoms with Gasteiger partial charge >= 0.3 is 12.1 Å². The Morgan fingerprint density at radius 2 is 1.60 bits per heavy atom. The second-order valence-electron chi connectivity index (χ2n) is 10.1. The Hall–Kier alpha value is -3.35. The van der Waals surface area contributed by atoms with Crippen molar-refractivity contribution >= 4 is 18.0 Å². The molecule has 2 atom stereocenters. The summed E-state index contributed by atoms with van der Waals surface area (Å²) in [6.07, 6.45) is 3.60. The maximum Gasteiger partial charge on any atom is 0.408 e. The third-order valence-electron chi connectivity index (χ3n) is 8.02. The van der Waals surface area contributed by atoms with E-state index in [9.17, 15) is 19.5 Å². The van der Waals surface area contributed by atoms with Crippen LogP contribution in [0.4, 0.5) is 4.79 Å². The highest BCUT2D eigenvalue weighted by Crippen LogP contribution is 2.44. The number of likely N-dealkylation sites (tertiary alicyclic amines) is 1. The number of carboxylic acid groups (broad SMARTS) is 1. The van der Waals surface area contributed by atoms with E-state index in [1.807, 2.05) is 31.2 Å². The molecule has 1 saturated heterocycles. The SMILES string of the molecule is CC1CCN(C(=O)C2(NC(=O)OCC3c4ccccc4-c4ccccc43)CCCCC2)C1C(=O)O. The highest BCUT2D eigenvalue weighted by Gasteiger charge is 2.49. The Morgan fingerprint density at radius 1 is 1.00 bits per heavy atom. The number of ether oxygens (including phenoxy) is 1. The number of carbonyl (C=O) groups is 3. The van der Waals surface area contributed by atoms with Crippen molar-refractivity contribution in [2.75, 3.05) is 13.2 Å². The number of nitrogens with zero attached hydrogens (tertiary/aromatic N) is 1. The second kappa shape index (κ2) is 9.36. The van der Waals surface area contributed by atoms with Crippen LogP contribution in [0, 0.1) is 5.92 Å². The van der Waals surface area contributed by atoms with Gasteiger partial charge in [0.2, 0.25) is 5.91 Å². The minimum Gasteiger partial charge on any atom is -0.480 e. The molecule has 2 aromatic rings. The molecule has 5 rings (SSSR count). The van der Waals surface area contributed by atoms with Gasteiger partial charge in [0.1, 0.15) is 18.2 Å². The summed E-state index contributed by atoms with van der Waals surface area (Å²) in [5, 5.41) is 12.6. The number of hydrogen-bond acceptors (Lipinski definition) is 4. The van der Waals surface area contributed by atoms with E-state index in [1.165, 1.54) is 4.90 Å². The van der Waals surface area contributed by atoms with Crippen LogP contribution in [-0.4, -0.2) is 52.7 Å². The summed E-state index contributed by atoms with van der Waals surface area (Å²) in [4.78, 5) is 40.1. The average molecular weight is 477 g/mol. The van der Waals surface area contributed by atoms with Crippen LogP contribution >= 0.6 is 0 Å². The van der Waals surface area contributed by atoms with Crippen LogP contribution in [0.2, 0.25) is 0 Å². The van der Waals surface area contributed by atoms with E-state index in [0.29, 0.717) is 25.8 Å². The van der Waals surface area contributed by atoms with Gasteiger partial charge in [-0.2, -0.15) is 0 Å². The van der Waals surface area contributed by atoms with E-state index < -0.39 is 23.6 Å². The van der Waals surface area contributed by atoms with Crippen LogP contribution in [0.15, 0.2) is 48.5 Å². The van der Waals surface area contributed by atoms with Gasteiger partial charge < -0.3 is 20.1 Å². The first-order chi connectivity index (χ1) is 16.9. The number of aliphatic carboxylic acids is 1. The molecule has 2 N–H and O–H groups in total. The summed E-state index contributed by atoms with van der Waals surface area (Å²) < 4.78 is 5.74. The number of rotatable bonds is 5. The van der Waals surface area contributed by atoms with Gasteiger partial charge in [0.15, 0.2) is 0 Å². The fourth-order valence-electron chi connectivity index (χ4n) is 6.20. The van der Waals surface area contributed by atoms with E-state index >= 15 is 0 Å². The lowest BCUT2D eigenvalue weighted by molar-refractivity contribution is -0.152. The predicted octanol–water partition coefficient (Wildman–Crippen LogP) is 4.55. The summed E-state index contributed by atoms with van der Waals surface area (Å²) in [6, 6.07) is 15.4. The minimum absolute atomic E-state index is 0.0676. The molecule has 1 saturated carbocycles. The first-order valence-electron chi connectivity index (χ1n) is 12.6. The largest absolute Gasteiger partial charge is 0.480 e. The molecule has 2 amide bonds. The highest BCUT2D eigenvalue weighted by molar-refractivity contribution is 5.93. The third kappa shape index (κ3) is 4.17. The van der Waals surface area contributed by atoms with Crippen molar-refractivity contribution in [1.82, 2.24) is 10.2 Å². The van der Waals surface area contributed by atoms with Gasteiger partial charge in [0, 0.05) is 12.5 Å².